The third-order valence-electron chi connectivity index (χ3n) is 3.79. The van der Waals surface area contributed by atoms with Gasteiger partial charge in [-0.25, -0.2) is 0 Å². The van der Waals surface area contributed by atoms with Gasteiger partial charge in [-0.05, 0) is 37.5 Å². The summed E-state index contributed by atoms with van der Waals surface area (Å²) < 4.78 is 10.5. The second kappa shape index (κ2) is 7.88. The maximum atomic E-state index is 12.1. The Morgan fingerprint density at radius 1 is 1.19 bits per heavy atom. The third kappa shape index (κ3) is 4.36. The number of rotatable bonds is 6. The van der Waals surface area contributed by atoms with Crippen molar-refractivity contribution >= 4 is 5.91 Å². The van der Waals surface area contributed by atoms with Gasteiger partial charge in [-0.1, -0.05) is 0 Å². The maximum absolute atomic E-state index is 12.1. The maximum Gasteiger partial charge on any atom is 0.236 e. The SMILES string of the molecule is COc1ccc(OC)c(CNCC(=O)N2CCCCC2)c1. The highest BCUT2D eigenvalue weighted by Crippen LogP contribution is 2.23. The Balaban J connectivity index is 1.86. The summed E-state index contributed by atoms with van der Waals surface area (Å²) in [6.45, 7) is 2.73. The summed E-state index contributed by atoms with van der Waals surface area (Å²) in [6, 6.07) is 5.67. The molecule has 5 nitrogen and oxygen atoms in total. The van der Waals surface area contributed by atoms with E-state index >= 15 is 0 Å². The first-order chi connectivity index (χ1) is 10.2. The zero-order chi connectivity index (χ0) is 15.1. The van der Waals surface area contributed by atoms with Crippen LogP contribution >= 0.6 is 0 Å². The van der Waals surface area contributed by atoms with Crippen molar-refractivity contribution in [2.75, 3.05) is 33.9 Å². The molecule has 1 heterocycles. The van der Waals surface area contributed by atoms with E-state index < -0.39 is 0 Å². The first kappa shape index (κ1) is 15.6. The van der Waals surface area contributed by atoms with Crippen molar-refractivity contribution in [2.45, 2.75) is 25.8 Å². The van der Waals surface area contributed by atoms with Crippen molar-refractivity contribution in [1.29, 1.82) is 0 Å². The molecule has 0 unspecified atom stereocenters. The lowest BCUT2D eigenvalue weighted by atomic mass is 10.1. The van der Waals surface area contributed by atoms with E-state index in [0.717, 1.165) is 43.0 Å². The van der Waals surface area contributed by atoms with Crippen molar-refractivity contribution in [3.8, 4) is 11.5 Å². The first-order valence-electron chi connectivity index (χ1n) is 7.44. The van der Waals surface area contributed by atoms with Gasteiger partial charge >= 0.3 is 0 Å². The monoisotopic (exact) mass is 292 g/mol. The van der Waals surface area contributed by atoms with E-state index in [1.807, 2.05) is 23.1 Å². The Morgan fingerprint density at radius 2 is 1.95 bits per heavy atom. The summed E-state index contributed by atoms with van der Waals surface area (Å²) in [4.78, 5) is 14.0. The van der Waals surface area contributed by atoms with E-state index in [1.165, 1.54) is 6.42 Å². The zero-order valence-electron chi connectivity index (χ0n) is 12.9. The molecule has 0 aromatic heterocycles. The van der Waals surface area contributed by atoms with Crippen LogP contribution in [0.1, 0.15) is 24.8 Å². The van der Waals surface area contributed by atoms with Gasteiger partial charge < -0.3 is 19.7 Å². The largest absolute Gasteiger partial charge is 0.497 e. The van der Waals surface area contributed by atoms with Crippen LogP contribution in [0, 0.1) is 0 Å². The van der Waals surface area contributed by atoms with Crippen LogP contribution in [0.15, 0.2) is 18.2 Å². The van der Waals surface area contributed by atoms with Crippen LogP contribution in [0.25, 0.3) is 0 Å². The quantitative estimate of drug-likeness (QED) is 0.869. The molecular formula is C16H24N2O3. The van der Waals surface area contributed by atoms with Gasteiger partial charge in [-0.15, -0.1) is 0 Å². The van der Waals surface area contributed by atoms with Crippen molar-refractivity contribution in [3.05, 3.63) is 23.8 Å². The molecule has 1 aromatic rings. The van der Waals surface area contributed by atoms with E-state index in [0.29, 0.717) is 13.1 Å². The van der Waals surface area contributed by atoms with E-state index in [1.54, 1.807) is 14.2 Å². The number of carbonyl (C=O) groups excluding carboxylic acids is 1. The summed E-state index contributed by atoms with van der Waals surface area (Å²) in [5.41, 5.74) is 0.989. The number of amides is 1. The van der Waals surface area contributed by atoms with Crippen LogP contribution < -0.4 is 14.8 Å². The van der Waals surface area contributed by atoms with E-state index in [4.69, 9.17) is 9.47 Å². The summed E-state index contributed by atoms with van der Waals surface area (Å²) in [7, 11) is 3.28. The fourth-order valence-corrected chi connectivity index (χ4v) is 2.58. The third-order valence-corrected chi connectivity index (χ3v) is 3.79. The van der Waals surface area contributed by atoms with E-state index in [2.05, 4.69) is 5.32 Å². The lowest BCUT2D eigenvalue weighted by molar-refractivity contribution is -0.131. The van der Waals surface area contributed by atoms with Crippen molar-refractivity contribution in [2.24, 2.45) is 0 Å². The molecule has 1 aliphatic rings. The molecule has 1 saturated heterocycles. The van der Waals surface area contributed by atoms with Crippen LogP contribution in [-0.2, 0) is 11.3 Å². The van der Waals surface area contributed by atoms with Gasteiger partial charge in [0.25, 0.3) is 0 Å². The number of nitrogens with one attached hydrogen (secondary N) is 1. The van der Waals surface area contributed by atoms with Crippen LogP contribution in [0.5, 0.6) is 11.5 Å². The first-order valence-corrected chi connectivity index (χ1v) is 7.44. The van der Waals surface area contributed by atoms with Gasteiger partial charge in [0.2, 0.25) is 5.91 Å². The highest BCUT2D eigenvalue weighted by molar-refractivity contribution is 5.78. The predicted molar refractivity (Wildman–Crippen MR) is 81.7 cm³/mol. The highest BCUT2D eigenvalue weighted by Gasteiger charge is 2.16. The standard InChI is InChI=1S/C16H24N2O3/c1-20-14-6-7-15(21-2)13(10-14)11-17-12-16(19)18-8-4-3-5-9-18/h6-7,10,17H,3-5,8-9,11-12H2,1-2H3. The number of piperidine rings is 1. The molecule has 21 heavy (non-hydrogen) atoms. The second-order valence-electron chi connectivity index (χ2n) is 5.22. The number of likely N-dealkylation sites (tertiary alicyclic amines) is 1. The zero-order valence-corrected chi connectivity index (χ0v) is 12.9. The summed E-state index contributed by atoms with van der Waals surface area (Å²) in [6.07, 6.45) is 3.48. The fourth-order valence-electron chi connectivity index (χ4n) is 2.58. The number of ether oxygens (including phenoxy) is 2. The van der Waals surface area contributed by atoms with Gasteiger partial charge in [0.05, 0.1) is 20.8 Å². The average Bonchev–Trinajstić information content (AvgIpc) is 2.55. The Labute approximate surface area is 126 Å². The molecule has 1 aromatic carbocycles. The number of hydrogen-bond acceptors (Lipinski definition) is 4. The Morgan fingerprint density at radius 3 is 2.62 bits per heavy atom. The van der Waals surface area contributed by atoms with Crippen LogP contribution in [0.2, 0.25) is 0 Å². The summed E-state index contributed by atoms with van der Waals surface area (Å²) in [5, 5.41) is 3.20. The molecule has 0 radical (unpaired) electrons. The molecule has 1 amide bonds. The topological polar surface area (TPSA) is 50.8 Å². The fraction of sp³-hybridized carbons (Fsp3) is 0.562. The predicted octanol–water partition coefficient (Wildman–Crippen LogP) is 1.81. The number of benzene rings is 1. The normalized spacial score (nSPS) is 14.9. The molecule has 1 N–H and O–H groups in total. The minimum Gasteiger partial charge on any atom is -0.497 e. The molecule has 0 aliphatic carbocycles. The number of methoxy groups -OCH3 is 2. The number of hydrogen-bond donors (Lipinski definition) is 1. The molecule has 0 atom stereocenters. The smallest absolute Gasteiger partial charge is 0.236 e. The van der Waals surface area contributed by atoms with Crippen molar-refractivity contribution < 1.29 is 14.3 Å². The molecule has 116 valence electrons. The van der Waals surface area contributed by atoms with E-state index in [-0.39, 0.29) is 5.91 Å². The summed E-state index contributed by atoms with van der Waals surface area (Å²) >= 11 is 0. The second-order valence-corrected chi connectivity index (χ2v) is 5.22. The average molecular weight is 292 g/mol. The molecular weight excluding hydrogens is 268 g/mol. The lowest BCUT2D eigenvalue weighted by Crippen LogP contribution is -2.40. The Hall–Kier alpha value is -1.75. The van der Waals surface area contributed by atoms with Crippen LogP contribution in [0.4, 0.5) is 0 Å². The minimum atomic E-state index is 0.177. The van der Waals surface area contributed by atoms with E-state index in [9.17, 15) is 4.79 Å². The van der Waals surface area contributed by atoms with Gasteiger partial charge in [0.15, 0.2) is 0 Å². The molecule has 1 fully saturated rings. The molecule has 1 aliphatic heterocycles. The van der Waals surface area contributed by atoms with Gasteiger partial charge in [0, 0.05) is 25.2 Å². The molecule has 5 heteroatoms. The van der Waals surface area contributed by atoms with Crippen molar-refractivity contribution in [3.63, 3.8) is 0 Å². The lowest BCUT2D eigenvalue weighted by Gasteiger charge is -2.26. The highest BCUT2D eigenvalue weighted by atomic mass is 16.5. The molecule has 2 rings (SSSR count). The minimum absolute atomic E-state index is 0.177. The molecule has 0 bridgehead atoms. The van der Waals surface area contributed by atoms with Gasteiger partial charge in [0.1, 0.15) is 11.5 Å². The van der Waals surface area contributed by atoms with Crippen LogP contribution in [-0.4, -0.2) is 44.7 Å². The van der Waals surface area contributed by atoms with Gasteiger partial charge in [-0.3, -0.25) is 4.79 Å². The molecule has 0 saturated carbocycles. The van der Waals surface area contributed by atoms with Crippen molar-refractivity contribution in [1.82, 2.24) is 10.2 Å². The Kier molecular flexibility index (Phi) is 5.87. The number of carbonyl (C=O) groups is 1. The Bertz CT molecular complexity index is 471. The van der Waals surface area contributed by atoms with Gasteiger partial charge in [-0.2, -0.15) is 0 Å². The van der Waals surface area contributed by atoms with Crippen LogP contribution in [0.3, 0.4) is 0 Å². The summed E-state index contributed by atoms with van der Waals surface area (Å²) in [5.74, 6) is 1.76. The molecule has 0 spiro atoms. The number of nitrogens with zero attached hydrogens (tertiary/aromatic N) is 1.